The van der Waals surface area contributed by atoms with Gasteiger partial charge in [0, 0.05) is 6.04 Å². The van der Waals surface area contributed by atoms with Crippen LogP contribution in [0, 0.1) is 34.5 Å². The highest BCUT2D eigenvalue weighted by Crippen LogP contribution is 2.68. The van der Waals surface area contributed by atoms with Crippen LogP contribution < -0.4 is 5.73 Å². The van der Waals surface area contributed by atoms with Gasteiger partial charge in [-0.2, -0.15) is 0 Å². The van der Waals surface area contributed by atoms with Gasteiger partial charge in [-0.3, -0.25) is 0 Å². The number of nitrogens with two attached hydrogens (primary N) is 1. The summed E-state index contributed by atoms with van der Waals surface area (Å²) in [6.45, 7) is 9.69. The summed E-state index contributed by atoms with van der Waals surface area (Å²) in [4.78, 5) is 0. The normalized spacial score (nSPS) is 54.6. The van der Waals surface area contributed by atoms with Gasteiger partial charge in [0.15, 0.2) is 0 Å². The maximum Gasteiger partial charge on any atom is 0.0130 e. The fourth-order valence-electron chi connectivity index (χ4n) is 4.83. The van der Waals surface area contributed by atoms with Crippen molar-refractivity contribution in [3.8, 4) is 0 Å². The fourth-order valence-corrected chi connectivity index (χ4v) is 4.83. The second-order valence-electron chi connectivity index (χ2n) is 7.47. The third-order valence-corrected chi connectivity index (χ3v) is 6.37. The van der Waals surface area contributed by atoms with E-state index in [2.05, 4.69) is 27.7 Å². The second-order valence-corrected chi connectivity index (χ2v) is 7.47. The van der Waals surface area contributed by atoms with Gasteiger partial charge < -0.3 is 5.73 Å². The van der Waals surface area contributed by atoms with Crippen LogP contribution in [0.25, 0.3) is 0 Å². The van der Waals surface area contributed by atoms with Crippen LogP contribution >= 0.6 is 0 Å². The smallest absolute Gasteiger partial charge is 0.0130 e. The predicted molar refractivity (Wildman–Crippen MR) is 63.3 cm³/mol. The molecule has 0 radical (unpaired) electrons. The topological polar surface area (TPSA) is 26.0 Å². The van der Waals surface area contributed by atoms with Crippen molar-refractivity contribution in [3.63, 3.8) is 0 Å². The van der Waals surface area contributed by atoms with Crippen molar-refractivity contribution >= 4 is 0 Å². The Morgan fingerprint density at radius 1 is 1.00 bits per heavy atom. The first kappa shape index (κ1) is 10.1. The molecule has 2 bridgehead atoms. The van der Waals surface area contributed by atoms with Crippen LogP contribution in [0.15, 0.2) is 0 Å². The number of hydrogen-bond donors (Lipinski definition) is 1. The Morgan fingerprint density at radius 3 is 2.00 bits per heavy atom. The SMILES string of the molecule is CC1(C)[C@H](N)[C@H]1C1CC[C@H]2C[C@@H]1C2(C)C. The van der Waals surface area contributed by atoms with E-state index in [1.807, 2.05) is 0 Å². The van der Waals surface area contributed by atoms with E-state index in [0.29, 0.717) is 16.9 Å². The van der Waals surface area contributed by atoms with E-state index in [1.54, 1.807) is 0 Å². The van der Waals surface area contributed by atoms with Gasteiger partial charge in [0.1, 0.15) is 0 Å². The molecule has 1 heteroatoms. The Balaban J connectivity index is 1.79. The van der Waals surface area contributed by atoms with Gasteiger partial charge in [0.05, 0.1) is 0 Å². The molecule has 4 rings (SSSR count). The monoisotopic (exact) mass is 207 g/mol. The highest BCUT2D eigenvalue weighted by Gasteiger charge is 2.65. The Morgan fingerprint density at radius 2 is 1.60 bits per heavy atom. The van der Waals surface area contributed by atoms with Crippen LogP contribution in [0.5, 0.6) is 0 Å². The fraction of sp³-hybridized carbons (Fsp3) is 1.00. The standard InChI is InChI=1S/C14H25N/c1-13(2)8-5-6-9(10(13)7-8)11-12(15)14(11,3)4/h8-12H,5-7,15H2,1-4H3/t8-,9?,10-,11+,12+/m0/s1. The highest BCUT2D eigenvalue weighted by atomic mass is 14.9. The minimum Gasteiger partial charge on any atom is -0.327 e. The molecule has 5 atom stereocenters. The van der Waals surface area contributed by atoms with E-state index in [9.17, 15) is 0 Å². The lowest BCUT2D eigenvalue weighted by Crippen LogP contribution is -2.53. The lowest BCUT2D eigenvalue weighted by molar-refractivity contribution is -0.114. The highest BCUT2D eigenvalue weighted by molar-refractivity contribution is 5.16. The van der Waals surface area contributed by atoms with Crippen molar-refractivity contribution in [2.24, 2.45) is 40.2 Å². The molecule has 15 heavy (non-hydrogen) atoms. The quantitative estimate of drug-likeness (QED) is 0.702. The van der Waals surface area contributed by atoms with Crippen LogP contribution in [0.3, 0.4) is 0 Å². The van der Waals surface area contributed by atoms with E-state index in [4.69, 9.17) is 5.73 Å². The number of rotatable bonds is 1. The Bertz CT molecular complexity index is 288. The van der Waals surface area contributed by atoms with Gasteiger partial charge in [-0.25, -0.2) is 0 Å². The van der Waals surface area contributed by atoms with Crippen LogP contribution in [0.2, 0.25) is 0 Å². The van der Waals surface area contributed by atoms with E-state index in [1.165, 1.54) is 19.3 Å². The molecule has 0 saturated heterocycles. The molecule has 4 aliphatic carbocycles. The molecule has 4 fully saturated rings. The summed E-state index contributed by atoms with van der Waals surface area (Å²) >= 11 is 0. The Kier molecular flexibility index (Phi) is 1.77. The zero-order valence-corrected chi connectivity index (χ0v) is 10.6. The third-order valence-electron chi connectivity index (χ3n) is 6.37. The Labute approximate surface area is 93.8 Å². The molecule has 0 amide bonds. The van der Waals surface area contributed by atoms with Crippen molar-refractivity contribution in [2.45, 2.75) is 53.0 Å². The summed E-state index contributed by atoms with van der Waals surface area (Å²) in [6.07, 6.45) is 4.42. The summed E-state index contributed by atoms with van der Waals surface area (Å²) < 4.78 is 0. The van der Waals surface area contributed by atoms with Gasteiger partial charge in [-0.1, -0.05) is 27.7 Å². The summed E-state index contributed by atoms with van der Waals surface area (Å²) in [5, 5.41) is 0. The minimum atomic E-state index is 0.434. The zero-order chi connectivity index (χ0) is 11.0. The molecule has 1 nitrogen and oxygen atoms in total. The van der Waals surface area contributed by atoms with E-state index < -0.39 is 0 Å². The van der Waals surface area contributed by atoms with Crippen molar-refractivity contribution in [3.05, 3.63) is 0 Å². The average Bonchev–Trinajstić information content (AvgIpc) is 2.66. The molecule has 4 saturated carbocycles. The molecule has 0 heterocycles. The Hall–Kier alpha value is -0.0400. The first-order valence-electron chi connectivity index (χ1n) is 6.62. The van der Waals surface area contributed by atoms with Gasteiger partial charge in [-0.05, 0) is 53.8 Å². The van der Waals surface area contributed by atoms with Gasteiger partial charge in [-0.15, -0.1) is 0 Å². The van der Waals surface area contributed by atoms with Crippen LogP contribution in [0.1, 0.15) is 47.0 Å². The second kappa shape index (κ2) is 2.61. The van der Waals surface area contributed by atoms with E-state index >= 15 is 0 Å². The molecule has 2 N–H and O–H groups in total. The molecule has 0 spiro atoms. The first-order valence-corrected chi connectivity index (χ1v) is 6.62. The maximum atomic E-state index is 6.24. The predicted octanol–water partition coefficient (Wildman–Crippen LogP) is 3.04. The van der Waals surface area contributed by atoms with Crippen molar-refractivity contribution < 1.29 is 0 Å². The average molecular weight is 207 g/mol. The lowest BCUT2D eigenvalue weighted by atomic mass is 9.44. The maximum absolute atomic E-state index is 6.24. The van der Waals surface area contributed by atoms with Crippen LogP contribution in [-0.2, 0) is 0 Å². The largest absolute Gasteiger partial charge is 0.327 e. The molecule has 0 aromatic rings. The number of fused-ring (bicyclic) bond motifs is 2. The van der Waals surface area contributed by atoms with Gasteiger partial charge in [0.2, 0.25) is 0 Å². The van der Waals surface area contributed by atoms with Crippen LogP contribution in [-0.4, -0.2) is 6.04 Å². The zero-order valence-electron chi connectivity index (χ0n) is 10.6. The molecular formula is C14H25N. The molecule has 4 aliphatic rings. The molecule has 86 valence electrons. The molecule has 0 aliphatic heterocycles. The minimum absolute atomic E-state index is 0.434. The number of hydrogen-bond acceptors (Lipinski definition) is 1. The van der Waals surface area contributed by atoms with Crippen molar-refractivity contribution in [1.82, 2.24) is 0 Å². The van der Waals surface area contributed by atoms with Gasteiger partial charge in [0.25, 0.3) is 0 Å². The summed E-state index contributed by atoms with van der Waals surface area (Å²) in [5.74, 6) is 3.77. The molecule has 0 aromatic carbocycles. The van der Waals surface area contributed by atoms with Crippen molar-refractivity contribution in [1.29, 1.82) is 0 Å². The van der Waals surface area contributed by atoms with Crippen LogP contribution in [0.4, 0.5) is 0 Å². The third kappa shape index (κ3) is 1.08. The van der Waals surface area contributed by atoms with E-state index in [-0.39, 0.29) is 0 Å². The first-order chi connectivity index (χ1) is 6.87. The van der Waals surface area contributed by atoms with Gasteiger partial charge >= 0.3 is 0 Å². The van der Waals surface area contributed by atoms with Crippen molar-refractivity contribution in [2.75, 3.05) is 0 Å². The lowest BCUT2D eigenvalue weighted by Gasteiger charge is -2.60. The molecule has 0 aromatic heterocycles. The summed E-state index contributed by atoms with van der Waals surface area (Å²) in [7, 11) is 0. The van der Waals surface area contributed by atoms with E-state index in [0.717, 1.165) is 23.7 Å². The molecule has 1 unspecified atom stereocenters. The summed E-state index contributed by atoms with van der Waals surface area (Å²) in [6, 6.07) is 0.482. The molecular weight excluding hydrogens is 182 g/mol. The summed E-state index contributed by atoms with van der Waals surface area (Å²) in [5.41, 5.74) is 7.30.